The molecule has 0 aromatic heterocycles. The first-order chi connectivity index (χ1) is 7.60. The van der Waals surface area contributed by atoms with E-state index in [2.05, 4.69) is 59.6 Å². The van der Waals surface area contributed by atoms with E-state index in [0.717, 1.165) is 13.0 Å². The van der Waals surface area contributed by atoms with Gasteiger partial charge in [0.15, 0.2) is 8.32 Å². The van der Waals surface area contributed by atoms with Gasteiger partial charge in [0.1, 0.15) is 0 Å². The molecule has 0 aromatic carbocycles. The first kappa shape index (κ1) is 16.7. The van der Waals surface area contributed by atoms with Gasteiger partial charge in [0.05, 0.1) is 0 Å². The van der Waals surface area contributed by atoms with Crippen molar-refractivity contribution in [3.63, 3.8) is 0 Å². The molecule has 0 aliphatic carbocycles. The van der Waals surface area contributed by atoms with Gasteiger partial charge < -0.3 is 4.43 Å². The molecule has 0 radical (unpaired) electrons. The molecule has 0 aliphatic heterocycles. The van der Waals surface area contributed by atoms with Crippen LogP contribution in [-0.4, -0.2) is 14.9 Å². The molecule has 0 aromatic rings. The summed E-state index contributed by atoms with van der Waals surface area (Å²) in [6, 6.07) is 0. The van der Waals surface area contributed by atoms with Crippen LogP contribution < -0.4 is 0 Å². The van der Waals surface area contributed by atoms with Crippen molar-refractivity contribution >= 4 is 8.32 Å². The molecule has 0 spiro atoms. The van der Waals surface area contributed by atoms with Gasteiger partial charge >= 0.3 is 0 Å². The van der Waals surface area contributed by atoms with Crippen LogP contribution in [0.5, 0.6) is 0 Å². The number of hydrogen-bond acceptors (Lipinski definition) is 1. The highest BCUT2D eigenvalue weighted by atomic mass is 28.4. The van der Waals surface area contributed by atoms with E-state index in [1.165, 1.54) is 0 Å². The standard InChI is InChI=1S/C15H30OSi/c1-9-10-13(2)11-14(3)12-16-17(7,8)15(4,5)6/h13-14H,11-12H2,1-8H3/t13-,14-/m0/s1. The lowest BCUT2D eigenvalue weighted by atomic mass is 9.99. The highest BCUT2D eigenvalue weighted by molar-refractivity contribution is 6.74. The fraction of sp³-hybridized carbons (Fsp3) is 0.867. The Morgan fingerprint density at radius 2 is 1.71 bits per heavy atom. The van der Waals surface area contributed by atoms with Crippen molar-refractivity contribution in [3.8, 4) is 11.8 Å². The minimum absolute atomic E-state index is 0.307. The van der Waals surface area contributed by atoms with E-state index in [4.69, 9.17) is 4.43 Å². The number of hydrogen-bond donors (Lipinski definition) is 0. The largest absolute Gasteiger partial charge is 0.417 e. The van der Waals surface area contributed by atoms with E-state index in [1.54, 1.807) is 0 Å². The van der Waals surface area contributed by atoms with Gasteiger partial charge in [0.25, 0.3) is 0 Å². The predicted octanol–water partition coefficient (Wildman–Crippen LogP) is 4.69. The fourth-order valence-electron chi connectivity index (χ4n) is 1.54. The predicted molar refractivity (Wildman–Crippen MR) is 79.5 cm³/mol. The van der Waals surface area contributed by atoms with Gasteiger partial charge in [-0.3, -0.25) is 0 Å². The quantitative estimate of drug-likeness (QED) is 0.511. The van der Waals surface area contributed by atoms with Crippen molar-refractivity contribution in [2.75, 3.05) is 6.61 Å². The normalized spacial score (nSPS) is 16.0. The Hall–Kier alpha value is -0.263. The molecule has 0 unspecified atom stereocenters. The average molecular weight is 254 g/mol. The van der Waals surface area contributed by atoms with Gasteiger partial charge in [-0.25, -0.2) is 0 Å². The molecule has 0 amide bonds. The first-order valence-electron chi connectivity index (χ1n) is 6.66. The van der Waals surface area contributed by atoms with E-state index < -0.39 is 8.32 Å². The maximum absolute atomic E-state index is 6.23. The summed E-state index contributed by atoms with van der Waals surface area (Å²) in [7, 11) is -1.57. The molecule has 2 atom stereocenters. The molecule has 100 valence electrons. The molecule has 0 rings (SSSR count). The SMILES string of the molecule is CC#C[C@H](C)C[C@H](C)CO[Si](C)(C)C(C)(C)C. The summed E-state index contributed by atoms with van der Waals surface area (Å²) < 4.78 is 6.23. The second kappa shape index (κ2) is 6.61. The van der Waals surface area contributed by atoms with Crippen LogP contribution in [0.4, 0.5) is 0 Å². The summed E-state index contributed by atoms with van der Waals surface area (Å²) >= 11 is 0. The Bertz CT molecular complexity index is 278. The Morgan fingerprint density at radius 1 is 1.18 bits per heavy atom. The van der Waals surface area contributed by atoms with Crippen LogP contribution in [0.3, 0.4) is 0 Å². The third-order valence-corrected chi connectivity index (χ3v) is 8.18. The lowest BCUT2D eigenvalue weighted by Crippen LogP contribution is -2.41. The molecule has 0 aliphatic rings. The summed E-state index contributed by atoms with van der Waals surface area (Å²) in [6.07, 6.45) is 1.13. The highest BCUT2D eigenvalue weighted by Gasteiger charge is 2.37. The van der Waals surface area contributed by atoms with Crippen LogP contribution in [0.25, 0.3) is 0 Å². The Morgan fingerprint density at radius 3 is 2.12 bits per heavy atom. The summed E-state index contributed by atoms with van der Waals surface area (Å²) in [4.78, 5) is 0. The Labute approximate surface area is 109 Å². The minimum Gasteiger partial charge on any atom is -0.417 e. The molecular weight excluding hydrogens is 224 g/mol. The van der Waals surface area contributed by atoms with Crippen LogP contribution >= 0.6 is 0 Å². The van der Waals surface area contributed by atoms with Crippen molar-refractivity contribution in [3.05, 3.63) is 0 Å². The van der Waals surface area contributed by atoms with Gasteiger partial charge in [-0.05, 0) is 37.4 Å². The second-order valence-electron chi connectivity index (χ2n) is 6.71. The fourth-order valence-corrected chi connectivity index (χ4v) is 2.68. The summed E-state index contributed by atoms with van der Waals surface area (Å²) in [5, 5.41) is 0.307. The molecule has 0 saturated heterocycles. The topological polar surface area (TPSA) is 9.23 Å². The minimum atomic E-state index is -1.57. The molecule has 0 bridgehead atoms. The van der Waals surface area contributed by atoms with E-state index >= 15 is 0 Å². The van der Waals surface area contributed by atoms with Gasteiger partial charge in [-0.15, -0.1) is 11.8 Å². The van der Waals surface area contributed by atoms with Crippen LogP contribution in [0, 0.1) is 23.7 Å². The van der Waals surface area contributed by atoms with E-state index in [9.17, 15) is 0 Å². The zero-order valence-corrected chi connectivity index (χ0v) is 14.0. The zero-order valence-electron chi connectivity index (χ0n) is 13.0. The lowest BCUT2D eigenvalue weighted by Gasteiger charge is -2.37. The monoisotopic (exact) mass is 254 g/mol. The van der Waals surface area contributed by atoms with Crippen molar-refractivity contribution in [1.29, 1.82) is 0 Å². The smallest absolute Gasteiger partial charge is 0.191 e. The van der Waals surface area contributed by atoms with Gasteiger partial charge in [0.2, 0.25) is 0 Å². The van der Waals surface area contributed by atoms with Crippen LogP contribution in [0.1, 0.15) is 48.0 Å². The lowest BCUT2D eigenvalue weighted by molar-refractivity contribution is 0.224. The molecule has 0 saturated carbocycles. The van der Waals surface area contributed by atoms with Gasteiger partial charge in [-0.2, -0.15) is 0 Å². The third-order valence-electron chi connectivity index (χ3n) is 3.68. The Kier molecular flexibility index (Phi) is 6.51. The van der Waals surface area contributed by atoms with Crippen LogP contribution in [0.15, 0.2) is 0 Å². The van der Waals surface area contributed by atoms with E-state index in [-0.39, 0.29) is 0 Å². The third kappa shape index (κ3) is 6.28. The van der Waals surface area contributed by atoms with Gasteiger partial charge in [-0.1, -0.05) is 34.6 Å². The summed E-state index contributed by atoms with van der Waals surface area (Å²) in [5.74, 6) is 7.28. The van der Waals surface area contributed by atoms with Crippen LogP contribution in [-0.2, 0) is 4.43 Å². The van der Waals surface area contributed by atoms with Crippen molar-refractivity contribution in [2.45, 2.75) is 66.1 Å². The molecule has 0 N–H and O–H groups in total. The molecule has 17 heavy (non-hydrogen) atoms. The summed E-state index contributed by atoms with van der Waals surface area (Å²) in [6.45, 7) is 18.7. The maximum Gasteiger partial charge on any atom is 0.191 e. The van der Waals surface area contributed by atoms with Crippen molar-refractivity contribution < 1.29 is 4.43 Å². The molecule has 0 fully saturated rings. The van der Waals surface area contributed by atoms with Gasteiger partial charge in [0, 0.05) is 12.5 Å². The number of rotatable bonds is 5. The highest BCUT2D eigenvalue weighted by Crippen LogP contribution is 2.36. The molecule has 0 heterocycles. The first-order valence-corrected chi connectivity index (χ1v) is 9.57. The zero-order chi connectivity index (χ0) is 13.7. The molecule has 2 heteroatoms. The van der Waals surface area contributed by atoms with Crippen molar-refractivity contribution in [2.24, 2.45) is 11.8 Å². The molecular formula is C15H30OSi. The average Bonchev–Trinajstić information content (AvgIpc) is 2.13. The Balaban J connectivity index is 4.15. The second-order valence-corrected chi connectivity index (χ2v) is 11.5. The van der Waals surface area contributed by atoms with E-state index in [1.807, 2.05) is 6.92 Å². The maximum atomic E-state index is 6.23. The van der Waals surface area contributed by atoms with Crippen molar-refractivity contribution in [1.82, 2.24) is 0 Å². The van der Waals surface area contributed by atoms with E-state index in [0.29, 0.717) is 16.9 Å². The van der Waals surface area contributed by atoms with Crippen LogP contribution in [0.2, 0.25) is 18.1 Å². The molecule has 1 nitrogen and oxygen atoms in total. The summed E-state index contributed by atoms with van der Waals surface area (Å²) in [5.41, 5.74) is 0.